The lowest BCUT2D eigenvalue weighted by Gasteiger charge is -2.24. The van der Waals surface area contributed by atoms with Crippen molar-refractivity contribution in [2.24, 2.45) is 0 Å². The van der Waals surface area contributed by atoms with Crippen LogP contribution in [0, 0.1) is 0 Å². The normalized spacial score (nSPS) is 23.6. The minimum atomic E-state index is 0.719. The Morgan fingerprint density at radius 3 is 2.93 bits per heavy atom. The third-order valence-electron chi connectivity index (χ3n) is 3.39. The van der Waals surface area contributed by atoms with E-state index in [2.05, 4.69) is 30.4 Å². The van der Waals surface area contributed by atoms with Crippen molar-refractivity contribution in [1.82, 2.24) is 10.2 Å². The van der Waals surface area contributed by atoms with E-state index in [1.807, 2.05) is 11.8 Å². The zero-order valence-corrected chi connectivity index (χ0v) is 11.3. The molecule has 0 aliphatic carbocycles. The van der Waals surface area contributed by atoms with Gasteiger partial charge in [-0.3, -0.25) is 0 Å². The molecule has 1 saturated heterocycles. The van der Waals surface area contributed by atoms with Crippen LogP contribution in [0.3, 0.4) is 0 Å². The predicted molar refractivity (Wildman–Crippen MR) is 70.7 cm³/mol. The van der Waals surface area contributed by atoms with Crippen LogP contribution in [0.25, 0.3) is 0 Å². The molecular formula is C12H26N2S. The van der Waals surface area contributed by atoms with Gasteiger partial charge in [-0.25, -0.2) is 0 Å². The van der Waals surface area contributed by atoms with Gasteiger partial charge in [0.25, 0.3) is 0 Å². The Morgan fingerprint density at radius 2 is 2.33 bits per heavy atom. The third-order valence-corrected chi connectivity index (χ3v) is 4.20. The molecule has 0 aromatic rings. The molecule has 0 amide bonds. The number of nitrogens with one attached hydrogen (secondary N) is 1. The van der Waals surface area contributed by atoms with E-state index in [1.54, 1.807) is 0 Å². The number of hydrogen-bond acceptors (Lipinski definition) is 3. The molecule has 1 heterocycles. The molecule has 1 aliphatic heterocycles. The van der Waals surface area contributed by atoms with Gasteiger partial charge in [-0.05, 0) is 59.0 Å². The average Bonchev–Trinajstić information content (AvgIpc) is 2.71. The van der Waals surface area contributed by atoms with E-state index in [9.17, 15) is 0 Å². The van der Waals surface area contributed by atoms with Crippen molar-refractivity contribution in [3.05, 3.63) is 0 Å². The first-order valence-corrected chi connectivity index (χ1v) is 7.56. The zero-order valence-electron chi connectivity index (χ0n) is 10.5. The van der Waals surface area contributed by atoms with Gasteiger partial charge >= 0.3 is 0 Å². The fraction of sp³-hybridized carbons (Fsp3) is 1.00. The summed E-state index contributed by atoms with van der Waals surface area (Å²) >= 11 is 1.94. The minimum absolute atomic E-state index is 0.719. The fourth-order valence-corrected chi connectivity index (χ4v) is 2.92. The second kappa shape index (κ2) is 7.53. The molecule has 0 bridgehead atoms. The molecule has 1 N–H and O–H groups in total. The van der Waals surface area contributed by atoms with Gasteiger partial charge in [-0.15, -0.1) is 0 Å². The highest BCUT2D eigenvalue weighted by Gasteiger charge is 2.14. The van der Waals surface area contributed by atoms with E-state index in [0.29, 0.717) is 0 Å². The zero-order chi connectivity index (χ0) is 11.1. The van der Waals surface area contributed by atoms with Crippen LogP contribution < -0.4 is 5.32 Å². The van der Waals surface area contributed by atoms with E-state index in [1.165, 1.54) is 44.5 Å². The number of nitrogens with zero attached hydrogens (tertiary/aromatic N) is 1. The monoisotopic (exact) mass is 230 g/mol. The topological polar surface area (TPSA) is 15.3 Å². The molecule has 1 fully saturated rings. The van der Waals surface area contributed by atoms with E-state index in [-0.39, 0.29) is 0 Å². The summed E-state index contributed by atoms with van der Waals surface area (Å²) in [6.45, 7) is 4.81. The molecule has 1 aliphatic rings. The highest BCUT2D eigenvalue weighted by Crippen LogP contribution is 2.12. The summed E-state index contributed by atoms with van der Waals surface area (Å²) in [5, 5.41) is 3.56. The summed E-state index contributed by atoms with van der Waals surface area (Å²) < 4.78 is 0. The fourth-order valence-electron chi connectivity index (χ4n) is 2.18. The maximum atomic E-state index is 3.56. The van der Waals surface area contributed by atoms with Gasteiger partial charge in [-0.1, -0.05) is 0 Å². The van der Waals surface area contributed by atoms with Crippen molar-refractivity contribution in [3.63, 3.8) is 0 Å². The number of rotatable bonds is 7. The second-order valence-electron chi connectivity index (χ2n) is 4.72. The minimum Gasteiger partial charge on any atom is -0.314 e. The molecular weight excluding hydrogens is 204 g/mol. The van der Waals surface area contributed by atoms with Crippen LogP contribution in [0.15, 0.2) is 0 Å². The molecule has 1 rings (SSSR count). The van der Waals surface area contributed by atoms with Crippen LogP contribution in [0.1, 0.15) is 32.6 Å². The Bertz CT molecular complexity index is 158. The van der Waals surface area contributed by atoms with Crippen LogP contribution in [0.4, 0.5) is 0 Å². The second-order valence-corrected chi connectivity index (χ2v) is 5.63. The number of hydrogen-bond donors (Lipinski definition) is 1. The van der Waals surface area contributed by atoms with Crippen molar-refractivity contribution < 1.29 is 0 Å². The Morgan fingerprint density at radius 1 is 1.53 bits per heavy atom. The average molecular weight is 230 g/mol. The van der Waals surface area contributed by atoms with Gasteiger partial charge in [-0.2, -0.15) is 11.8 Å². The summed E-state index contributed by atoms with van der Waals surface area (Å²) in [5.41, 5.74) is 0. The van der Waals surface area contributed by atoms with Crippen molar-refractivity contribution in [2.45, 2.75) is 44.7 Å². The maximum absolute atomic E-state index is 3.56. The smallest absolute Gasteiger partial charge is 0.0154 e. The van der Waals surface area contributed by atoms with Crippen molar-refractivity contribution in [1.29, 1.82) is 0 Å². The van der Waals surface area contributed by atoms with Crippen LogP contribution >= 0.6 is 11.8 Å². The molecule has 0 radical (unpaired) electrons. The third kappa shape index (κ3) is 5.23. The predicted octanol–water partition coefficient (Wildman–Crippen LogP) is 2.20. The van der Waals surface area contributed by atoms with Crippen LogP contribution in [0.2, 0.25) is 0 Å². The molecule has 2 unspecified atom stereocenters. The first kappa shape index (κ1) is 13.3. The summed E-state index contributed by atoms with van der Waals surface area (Å²) in [4.78, 5) is 2.49. The summed E-state index contributed by atoms with van der Waals surface area (Å²) in [7, 11) is 2.25. The Balaban J connectivity index is 2.02. The highest BCUT2D eigenvalue weighted by molar-refractivity contribution is 7.98. The maximum Gasteiger partial charge on any atom is 0.0154 e. The Kier molecular flexibility index (Phi) is 6.69. The molecule has 2 nitrogen and oxygen atoms in total. The van der Waals surface area contributed by atoms with Crippen molar-refractivity contribution >= 4 is 11.8 Å². The van der Waals surface area contributed by atoms with Gasteiger partial charge in [0.15, 0.2) is 0 Å². The Labute approximate surface area is 99.2 Å². The van der Waals surface area contributed by atoms with Gasteiger partial charge < -0.3 is 10.2 Å². The Hall–Kier alpha value is 0.270. The molecule has 0 aromatic heterocycles. The summed E-state index contributed by atoms with van der Waals surface area (Å²) in [6, 6.07) is 1.53. The lowest BCUT2D eigenvalue weighted by Crippen LogP contribution is -2.32. The summed E-state index contributed by atoms with van der Waals surface area (Å²) in [6.07, 6.45) is 7.66. The SMILES string of the molecule is CSCC(C)N(C)CCCC1CCCN1. The first-order valence-electron chi connectivity index (χ1n) is 6.16. The van der Waals surface area contributed by atoms with Crippen LogP contribution in [-0.2, 0) is 0 Å². The van der Waals surface area contributed by atoms with E-state index >= 15 is 0 Å². The lowest BCUT2D eigenvalue weighted by atomic mass is 10.1. The van der Waals surface area contributed by atoms with Crippen molar-refractivity contribution in [3.8, 4) is 0 Å². The quantitative estimate of drug-likeness (QED) is 0.722. The molecule has 0 saturated carbocycles. The largest absolute Gasteiger partial charge is 0.314 e. The van der Waals surface area contributed by atoms with Gasteiger partial charge in [0.1, 0.15) is 0 Å². The van der Waals surface area contributed by atoms with Gasteiger partial charge in [0.2, 0.25) is 0 Å². The van der Waals surface area contributed by atoms with Gasteiger partial charge in [0.05, 0.1) is 0 Å². The molecule has 90 valence electrons. The van der Waals surface area contributed by atoms with Crippen LogP contribution in [-0.4, -0.2) is 49.1 Å². The first-order chi connectivity index (χ1) is 7.24. The molecule has 0 spiro atoms. The van der Waals surface area contributed by atoms with Crippen LogP contribution in [0.5, 0.6) is 0 Å². The van der Waals surface area contributed by atoms with E-state index in [0.717, 1.165) is 12.1 Å². The van der Waals surface area contributed by atoms with Gasteiger partial charge in [0, 0.05) is 17.8 Å². The van der Waals surface area contributed by atoms with E-state index in [4.69, 9.17) is 0 Å². The highest BCUT2D eigenvalue weighted by atomic mass is 32.2. The summed E-state index contributed by atoms with van der Waals surface area (Å²) in [5.74, 6) is 1.25. The molecule has 2 atom stereocenters. The molecule has 15 heavy (non-hydrogen) atoms. The van der Waals surface area contributed by atoms with Crippen molar-refractivity contribution in [2.75, 3.05) is 32.1 Å². The lowest BCUT2D eigenvalue weighted by molar-refractivity contribution is 0.268. The standard InChI is InChI=1S/C12H26N2S/c1-11(10-15-3)14(2)9-5-7-12-6-4-8-13-12/h11-13H,4-10H2,1-3H3. The van der Waals surface area contributed by atoms with E-state index < -0.39 is 0 Å². The molecule has 3 heteroatoms. The number of thioether (sulfide) groups is 1. The molecule has 0 aromatic carbocycles.